The van der Waals surface area contributed by atoms with E-state index in [0.29, 0.717) is 11.3 Å². The van der Waals surface area contributed by atoms with Crippen LogP contribution in [0.3, 0.4) is 0 Å². The first-order chi connectivity index (χ1) is 14.7. The molecule has 4 nitrogen and oxygen atoms in total. The van der Waals surface area contributed by atoms with E-state index in [1.807, 2.05) is 35.8 Å². The molecule has 0 saturated carbocycles. The minimum atomic E-state index is -0.866. The lowest BCUT2D eigenvalue weighted by Crippen LogP contribution is -2.31. The van der Waals surface area contributed by atoms with Crippen LogP contribution in [0.2, 0.25) is 0 Å². The van der Waals surface area contributed by atoms with Gasteiger partial charge in [0.15, 0.2) is 17.5 Å². The van der Waals surface area contributed by atoms with Gasteiger partial charge in [-0.25, -0.2) is 18.7 Å². The molecular formula is C23H18F2N4S. The standard InChI is InChI=1S/C23H18F2N4S/c24-18-5-4-16(10-19(18)25)20-6-3-15(11-26-20)13-29-8-7-21-17(14-29)12-27-23(28-21)22-2-1-9-30-22/h1-6,9-12H,7-8,13-14H2. The normalized spacial score (nSPS) is 13.9. The van der Waals surface area contributed by atoms with Crippen LogP contribution in [0, 0.1) is 11.6 Å². The second-order valence-electron chi connectivity index (χ2n) is 7.28. The van der Waals surface area contributed by atoms with E-state index in [1.165, 1.54) is 12.1 Å². The molecule has 4 heterocycles. The summed E-state index contributed by atoms with van der Waals surface area (Å²) in [5.41, 5.74) is 4.53. The number of benzene rings is 1. The van der Waals surface area contributed by atoms with Crippen molar-refractivity contribution in [2.45, 2.75) is 19.5 Å². The maximum absolute atomic E-state index is 13.5. The van der Waals surface area contributed by atoms with Crippen molar-refractivity contribution in [3.8, 4) is 22.0 Å². The van der Waals surface area contributed by atoms with Crippen LogP contribution >= 0.6 is 11.3 Å². The summed E-state index contributed by atoms with van der Waals surface area (Å²) in [7, 11) is 0. The molecule has 3 aromatic heterocycles. The lowest BCUT2D eigenvalue weighted by molar-refractivity contribution is 0.242. The Balaban J connectivity index is 1.27. The average molecular weight is 420 g/mol. The van der Waals surface area contributed by atoms with E-state index in [-0.39, 0.29) is 0 Å². The maximum Gasteiger partial charge on any atom is 0.169 e. The fraction of sp³-hybridized carbons (Fsp3) is 0.174. The zero-order chi connectivity index (χ0) is 20.5. The molecule has 5 rings (SSSR count). The molecule has 0 amide bonds. The van der Waals surface area contributed by atoms with Crippen molar-refractivity contribution >= 4 is 11.3 Å². The number of thiophene rings is 1. The molecule has 30 heavy (non-hydrogen) atoms. The molecule has 0 spiro atoms. The number of fused-ring (bicyclic) bond motifs is 1. The summed E-state index contributed by atoms with van der Waals surface area (Å²) in [5.74, 6) is -0.920. The molecule has 0 unspecified atom stereocenters. The van der Waals surface area contributed by atoms with Gasteiger partial charge in [0.25, 0.3) is 0 Å². The Morgan fingerprint density at radius 2 is 1.93 bits per heavy atom. The molecule has 4 aromatic rings. The van der Waals surface area contributed by atoms with Crippen LogP contribution < -0.4 is 0 Å². The molecule has 0 saturated heterocycles. The summed E-state index contributed by atoms with van der Waals surface area (Å²) in [6.07, 6.45) is 4.62. The zero-order valence-corrected chi connectivity index (χ0v) is 16.9. The van der Waals surface area contributed by atoms with Crippen molar-refractivity contribution < 1.29 is 8.78 Å². The molecule has 7 heteroatoms. The molecule has 0 N–H and O–H groups in total. The molecule has 1 aliphatic rings. The third-order valence-electron chi connectivity index (χ3n) is 5.20. The van der Waals surface area contributed by atoms with Gasteiger partial charge in [-0.15, -0.1) is 11.3 Å². The average Bonchev–Trinajstić information content (AvgIpc) is 3.31. The van der Waals surface area contributed by atoms with Gasteiger partial charge in [0.2, 0.25) is 0 Å². The first-order valence-corrected chi connectivity index (χ1v) is 10.5. The van der Waals surface area contributed by atoms with Gasteiger partial charge in [0, 0.05) is 49.6 Å². The van der Waals surface area contributed by atoms with E-state index >= 15 is 0 Å². The van der Waals surface area contributed by atoms with Crippen LogP contribution in [0.1, 0.15) is 16.8 Å². The third kappa shape index (κ3) is 3.86. The quantitative estimate of drug-likeness (QED) is 0.460. The first kappa shape index (κ1) is 19.0. The van der Waals surface area contributed by atoms with Gasteiger partial charge in [-0.2, -0.15) is 0 Å². The number of nitrogens with zero attached hydrogens (tertiary/aromatic N) is 4. The molecule has 1 aromatic carbocycles. The van der Waals surface area contributed by atoms with E-state index in [1.54, 1.807) is 17.5 Å². The van der Waals surface area contributed by atoms with Crippen LogP contribution in [-0.4, -0.2) is 26.4 Å². The predicted molar refractivity (Wildman–Crippen MR) is 113 cm³/mol. The molecule has 0 aliphatic carbocycles. The fourth-order valence-corrected chi connectivity index (χ4v) is 4.30. The molecule has 1 aliphatic heterocycles. The van der Waals surface area contributed by atoms with Crippen LogP contribution in [0.4, 0.5) is 8.78 Å². The number of rotatable bonds is 4. The van der Waals surface area contributed by atoms with Crippen LogP contribution in [0.25, 0.3) is 22.0 Å². The molecular weight excluding hydrogens is 402 g/mol. The Bertz CT molecular complexity index is 1180. The van der Waals surface area contributed by atoms with Crippen molar-refractivity contribution in [3.63, 3.8) is 0 Å². The minimum absolute atomic E-state index is 0.561. The predicted octanol–water partition coefficient (Wildman–Crippen LogP) is 5.10. The lowest BCUT2D eigenvalue weighted by atomic mass is 10.1. The van der Waals surface area contributed by atoms with Gasteiger partial charge in [-0.05, 0) is 41.3 Å². The van der Waals surface area contributed by atoms with Crippen molar-refractivity contribution in [2.75, 3.05) is 6.54 Å². The van der Waals surface area contributed by atoms with E-state index in [4.69, 9.17) is 4.98 Å². The summed E-state index contributed by atoms with van der Waals surface area (Å²) in [4.78, 5) is 17.2. The number of pyridine rings is 1. The Morgan fingerprint density at radius 1 is 1.00 bits per heavy atom. The Labute approximate surface area is 176 Å². The fourth-order valence-electron chi connectivity index (χ4n) is 3.64. The monoisotopic (exact) mass is 420 g/mol. The smallest absolute Gasteiger partial charge is 0.169 e. The largest absolute Gasteiger partial charge is 0.294 e. The van der Waals surface area contributed by atoms with Crippen molar-refractivity contribution in [3.05, 3.63) is 88.7 Å². The van der Waals surface area contributed by atoms with Gasteiger partial charge < -0.3 is 0 Å². The number of hydrogen-bond acceptors (Lipinski definition) is 5. The number of aromatic nitrogens is 3. The summed E-state index contributed by atoms with van der Waals surface area (Å²) in [6, 6.07) is 11.7. The molecule has 0 radical (unpaired) electrons. The van der Waals surface area contributed by atoms with Gasteiger partial charge in [-0.3, -0.25) is 9.88 Å². The summed E-state index contributed by atoms with van der Waals surface area (Å²) >= 11 is 1.65. The van der Waals surface area contributed by atoms with E-state index in [9.17, 15) is 8.78 Å². The van der Waals surface area contributed by atoms with Crippen LogP contribution in [0.15, 0.2) is 60.2 Å². The highest BCUT2D eigenvalue weighted by Gasteiger charge is 2.19. The highest BCUT2D eigenvalue weighted by atomic mass is 32.1. The Hall–Kier alpha value is -3.03. The van der Waals surface area contributed by atoms with Crippen LogP contribution in [0.5, 0.6) is 0 Å². The zero-order valence-electron chi connectivity index (χ0n) is 16.1. The molecule has 150 valence electrons. The van der Waals surface area contributed by atoms with Gasteiger partial charge in [-0.1, -0.05) is 12.1 Å². The number of hydrogen-bond donors (Lipinski definition) is 0. The van der Waals surface area contributed by atoms with Gasteiger partial charge in [0.05, 0.1) is 16.3 Å². The Morgan fingerprint density at radius 3 is 2.70 bits per heavy atom. The van der Waals surface area contributed by atoms with Crippen molar-refractivity contribution in [2.24, 2.45) is 0 Å². The molecule has 0 atom stereocenters. The molecule has 0 bridgehead atoms. The lowest BCUT2D eigenvalue weighted by Gasteiger charge is -2.28. The third-order valence-corrected chi connectivity index (χ3v) is 6.07. The van der Waals surface area contributed by atoms with Crippen molar-refractivity contribution in [1.82, 2.24) is 19.9 Å². The summed E-state index contributed by atoms with van der Waals surface area (Å²) < 4.78 is 26.6. The van der Waals surface area contributed by atoms with E-state index < -0.39 is 11.6 Å². The highest BCUT2D eigenvalue weighted by molar-refractivity contribution is 7.13. The summed E-state index contributed by atoms with van der Waals surface area (Å²) in [5, 5.41) is 2.03. The first-order valence-electron chi connectivity index (χ1n) is 9.67. The van der Waals surface area contributed by atoms with Gasteiger partial charge in [0.1, 0.15) is 0 Å². The van der Waals surface area contributed by atoms with Crippen molar-refractivity contribution in [1.29, 1.82) is 0 Å². The Kier molecular flexibility index (Phi) is 5.06. The highest BCUT2D eigenvalue weighted by Crippen LogP contribution is 2.25. The van der Waals surface area contributed by atoms with E-state index in [2.05, 4.69) is 14.9 Å². The summed E-state index contributed by atoms with van der Waals surface area (Å²) in [6.45, 7) is 2.47. The number of halogens is 2. The van der Waals surface area contributed by atoms with E-state index in [0.717, 1.165) is 59.6 Å². The topological polar surface area (TPSA) is 41.9 Å². The van der Waals surface area contributed by atoms with Crippen LogP contribution in [-0.2, 0) is 19.5 Å². The minimum Gasteiger partial charge on any atom is -0.294 e. The second kappa shape index (κ2) is 8.01. The SMILES string of the molecule is Fc1ccc(-c2ccc(CN3CCc4nc(-c5cccs5)ncc4C3)cn2)cc1F. The maximum atomic E-state index is 13.5. The molecule has 0 fully saturated rings. The van der Waals surface area contributed by atoms with Gasteiger partial charge >= 0.3 is 0 Å². The second-order valence-corrected chi connectivity index (χ2v) is 8.23.